The van der Waals surface area contributed by atoms with Crippen LogP contribution >= 0.6 is 0 Å². The second-order valence-corrected chi connectivity index (χ2v) is 5.63. The van der Waals surface area contributed by atoms with Gasteiger partial charge in [0.1, 0.15) is 0 Å². The first-order valence-electron chi connectivity index (χ1n) is 7.63. The molecule has 0 aliphatic heterocycles. The van der Waals surface area contributed by atoms with E-state index in [4.69, 9.17) is 5.73 Å². The Hall–Kier alpha value is -1.35. The van der Waals surface area contributed by atoms with Crippen molar-refractivity contribution in [3.8, 4) is 0 Å². The van der Waals surface area contributed by atoms with E-state index in [2.05, 4.69) is 26.0 Å². The largest absolute Gasteiger partial charge is 0.336 e. The molecule has 1 amide bonds. The van der Waals surface area contributed by atoms with Gasteiger partial charge in [-0.1, -0.05) is 37.3 Å². The van der Waals surface area contributed by atoms with Gasteiger partial charge >= 0.3 is 0 Å². The van der Waals surface area contributed by atoms with Gasteiger partial charge in [-0.05, 0) is 38.7 Å². The second kappa shape index (κ2) is 8.75. The Labute approximate surface area is 123 Å². The monoisotopic (exact) mass is 276 g/mol. The Balaban J connectivity index is 2.62. The third-order valence-electron chi connectivity index (χ3n) is 3.69. The summed E-state index contributed by atoms with van der Waals surface area (Å²) in [6.07, 6.45) is 3.36. The minimum atomic E-state index is 0.175. The topological polar surface area (TPSA) is 46.3 Å². The van der Waals surface area contributed by atoms with Crippen molar-refractivity contribution < 1.29 is 4.79 Å². The SMILES string of the molecule is CCC(C)N(Cc1ccccc1)C(=O)CCCC(C)N. The first-order chi connectivity index (χ1) is 9.54. The number of hydrogen-bond donors (Lipinski definition) is 1. The minimum absolute atomic E-state index is 0.175. The summed E-state index contributed by atoms with van der Waals surface area (Å²) in [6.45, 7) is 6.93. The molecule has 0 heterocycles. The molecule has 2 N–H and O–H groups in total. The molecule has 0 aliphatic rings. The lowest BCUT2D eigenvalue weighted by atomic mass is 10.1. The van der Waals surface area contributed by atoms with Crippen LogP contribution < -0.4 is 5.73 Å². The first kappa shape index (κ1) is 16.7. The normalized spacial score (nSPS) is 13.8. The Morgan fingerprint density at radius 3 is 2.45 bits per heavy atom. The highest BCUT2D eigenvalue weighted by molar-refractivity contribution is 5.76. The average Bonchev–Trinajstić information content (AvgIpc) is 2.44. The van der Waals surface area contributed by atoms with Crippen LogP contribution in [0.25, 0.3) is 0 Å². The molecular weight excluding hydrogens is 248 g/mol. The summed E-state index contributed by atoms with van der Waals surface area (Å²) in [5.74, 6) is 0.240. The Morgan fingerprint density at radius 2 is 1.90 bits per heavy atom. The van der Waals surface area contributed by atoms with Crippen LogP contribution in [0.5, 0.6) is 0 Å². The van der Waals surface area contributed by atoms with Crippen LogP contribution in [0, 0.1) is 0 Å². The Kier molecular flexibility index (Phi) is 7.31. The molecule has 0 aliphatic carbocycles. The Morgan fingerprint density at radius 1 is 1.25 bits per heavy atom. The average molecular weight is 276 g/mol. The number of nitrogens with zero attached hydrogens (tertiary/aromatic N) is 1. The number of benzene rings is 1. The smallest absolute Gasteiger partial charge is 0.223 e. The zero-order valence-corrected chi connectivity index (χ0v) is 13.0. The second-order valence-electron chi connectivity index (χ2n) is 5.63. The molecule has 20 heavy (non-hydrogen) atoms. The molecule has 1 aromatic carbocycles. The van der Waals surface area contributed by atoms with Crippen molar-refractivity contribution in [2.75, 3.05) is 0 Å². The summed E-state index contributed by atoms with van der Waals surface area (Å²) in [6, 6.07) is 10.6. The van der Waals surface area contributed by atoms with E-state index < -0.39 is 0 Å². The quantitative estimate of drug-likeness (QED) is 0.791. The number of amides is 1. The molecule has 0 aromatic heterocycles. The van der Waals surface area contributed by atoms with Crippen molar-refractivity contribution in [3.63, 3.8) is 0 Å². The van der Waals surface area contributed by atoms with Gasteiger partial charge < -0.3 is 10.6 Å². The highest BCUT2D eigenvalue weighted by atomic mass is 16.2. The van der Waals surface area contributed by atoms with Crippen LogP contribution in [-0.4, -0.2) is 22.9 Å². The molecule has 0 radical (unpaired) electrons. The van der Waals surface area contributed by atoms with Crippen LogP contribution in [0.2, 0.25) is 0 Å². The van der Waals surface area contributed by atoms with E-state index in [-0.39, 0.29) is 18.0 Å². The van der Waals surface area contributed by atoms with Gasteiger partial charge in [0, 0.05) is 25.0 Å². The number of carbonyl (C=O) groups excluding carboxylic acids is 1. The number of nitrogens with two attached hydrogens (primary N) is 1. The molecule has 2 unspecified atom stereocenters. The fourth-order valence-corrected chi connectivity index (χ4v) is 2.21. The fraction of sp³-hybridized carbons (Fsp3) is 0.588. The van der Waals surface area contributed by atoms with Crippen LogP contribution in [-0.2, 0) is 11.3 Å². The number of carbonyl (C=O) groups is 1. The van der Waals surface area contributed by atoms with E-state index in [1.807, 2.05) is 30.0 Å². The van der Waals surface area contributed by atoms with E-state index in [9.17, 15) is 4.79 Å². The maximum absolute atomic E-state index is 12.4. The maximum atomic E-state index is 12.4. The number of hydrogen-bond acceptors (Lipinski definition) is 2. The molecule has 1 rings (SSSR count). The van der Waals surface area contributed by atoms with E-state index in [0.717, 1.165) is 19.3 Å². The fourth-order valence-electron chi connectivity index (χ4n) is 2.21. The third-order valence-corrected chi connectivity index (χ3v) is 3.69. The van der Waals surface area contributed by atoms with Crippen molar-refractivity contribution in [2.45, 2.75) is 65.1 Å². The zero-order chi connectivity index (χ0) is 15.0. The Bertz CT molecular complexity index is 389. The molecule has 1 aromatic rings. The summed E-state index contributed by atoms with van der Waals surface area (Å²) < 4.78 is 0. The lowest BCUT2D eigenvalue weighted by molar-refractivity contribution is -0.134. The molecule has 3 nitrogen and oxygen atoms in total. The lowest BCUT2D eigenvalue weighted by Gasteiger charge is -2.29. The van der Waals surface area contributed by atoms with Crippen molar-refractivity contribution in [3.05, 3.63) is 35.9 Å². The predicted molar refractivity (Wildman–Crippen MR) is 84.2 cm³/mol. The molecule has 2 atom stereocenters. The van der Waals surface area contributed by atoms with Gasteiger partial charge in [-0.3, -0.25) is 4.79 Å². The highest BCUT2D eigenvalue weighted by Gasteiger charge is 2.18. The molecule has 0 fully saturated rings. The highest BCUT2D eigenvalue weighted by Crippen LogP contribution is 2.14. The summed E-state index contributed by atoms with van der Waals surface area (Å²) in [4.78, 5) is 14.4. The van der Waals surface area contributed by atoms with Crippen LogP contribution in [0.4, 0.5) is 0 Å². The van der Waals surface area contributed by atoms with Gasteiger partial charge in [-0.2, -0.15) is 0 Å². The molecule has 0 spiro atoms. The zero-order valence-electron chi connectivity index (χ0n) is 13.0. The van der Waals surface area contributed by atoms with Crippen LogP contribution in [0.3, 0.4) is 0 Å². The summed E-state index contributed by atoms with van der Waals surface area (Å²) in [5, 5.41) is 0. The summed E-state index contributed by atoms with van der Waals surface area (Å²) in [5.41, 5.74) is 6.93. The van der Waals surface area contributed by atoms with Gasteiger partial charge in [0.2, 0.25) is 5.91 Å². The molecule has 0 saturated heterocycles. The number of rotatable bonds is 8. The maximum Gasteiger partial charge on any atom is 0.223 e. The molecule has 0 bridgehead atoms. The van der Waals surface area contributed by atoms with Crippen molar-refractivity contribution in [2.24, 2.45) is 5.73 Å². The van der Waals surface area contributed by atoms with E-state index >= 15 is 0 Å². The van der Waals surface area contributed by atoms with Gasteiger partial charge in [0.05, 0.1) is 0 Å². The predicted octanol–water partition coefficient (Wildman–Crippen LogP) is 3.33. The molecule has 112 valence electrons. The molecule has 0 saturated carbocycles. The first-order valence-corrected chi connectivity index (χ1v) is 7.63. The van der Waals surface area contributed by atoms with E-state index in [1.54, 1.807) is 0 Å². The summed E-state index contributed by atoms with van der Waals surface area (Å²) >= 11 is 0. The van der Waals surface area contributed by atoms with Gasteiger partial charge in [-0.25, -0.2) is 0 Å². The minimum Gasteiger partial charge on any atom is -0.336 e. The molecular formula is C17H28N2O. The van der Waals surface area contributed by atoms with E-state index in [1.165, 1.54) is 5.56 Å². The van der Waals surface area contributed by atoms with Crippen LogP contribution in [0.1, 0.15) is 52.0 Å². The van der Waals surface area contributed by atoms with E-state index in [0.29, 0.717) is 13.0 Å². The standard InChI is InChI=1S/C17H28N2O/c1-4-15(3)19(13-16-10-6-5-7-11-16)17(20)12-8-9-14(2)18/h5-7,10-11,14-15H,4,8-9,12-13,18H2,1-3H3. The lowest BCUT2D eigenvalue weighted by Crippen LogP contribution is -2.37. The van der Waals surface area contributed by atoms with Crippen molar-refractivity contribution in [1.82, 2.24) is 4.90 Å². The molecule has 3 heteroatoms. The summed E-state index contributed by atoms with van der Waals surface area (Å²) in [7, 11) is 0. The third kappa shape index (κ3) is 5.74. The van der Waals surface area contributed by atoms with Crippen molar-refractivity contribution in [1.29, 1.82) is 0 Å². The van der Waals surface area contributed by atoms with Gasteiger partial charge in [0.25, 0.3) is 0 Å². The van der Waals surface area contributed by atoms with Gasteiger partial charge in [-0.15, -0.1) is 0 Å². The van der Waals surface area contributed by atoms with Crippen LogP contribution in [0.15, 0.2) is 30.3 Å². The van der Waals surface area contributed by atoms with Gasteiger partial charge in [0.15, 0.2) is 0 Å². The van der Waals surface area contributed by atoms with Crippen molar-refractivity contribution >= 4 is 5.91 Å².